The fourth-order valence-corrected chi connectivity index (χ4v) is 3.13. The summed E-state index contributed by atoms with van der Waals surface area (Å²) in [5.41, 5.74) is 2.14. The number of hydrogen-bond acceptors (Lipinski definition) is 4. The predicted molar refractivity (Wildman–Crippen MR) is 75.1 cm³/mol. The van der Waals surface area contributed by atoms with Gasteiger partial charge in [-0.1, -0.05) is 11.8 Å². The zero-order valence-electron chi connectivity index (χ0n) is 10.4. The number of aromatic nitrogens is 2. The third-order valence-electron chi connectivity index (χ3n) is 2.87. The van der Waals surface area contributed by atoms with Crippen molar-refractivity contribution in [1.29, 1.82) is 0 Å². The summed E-state index contributed by atoms with van der Waals surface area (Å²) >= 11 is 1.81. The minimum absolute atomic E-state index is 0. The Morgan fingerprint density at radius 1 is 1.24 bits per heavy atom. The Bertz CT molecular complexity index is 333. The maximum atomic E-state index is 4.45. The third-order valence-corrected chi connectivity index (χ3v) is 3.95. The van der Waals surface area contributed by atoms with Crippen LogP contribution in [0.3, 0.4) is 0 Å². The minimum Gasteiger partial charge on any atom is -0.317 e. The molecule has 1 aromatic rings. The van der Waals surface area contributed by atoms with Gasteiger partial charge in [-0.2, -0.15) is 0 Å². The molecule has 1 aliphatic heterocycles. The van der Waals surface area contributed by atoms with Gasteiger partial charge >= 0.3 is 0 Å². The number of rotatable bonds is 3. The molecular formula is C12H20ClN3S. The first-order valence-electron chi connectivity index (χ1n) is 5.90. The maximum Gasteiger partial charge on any atom is 0.187 e. The molecule has 5 heteroatoms. The molecular weight excluding hydrogens is 254 g/mol. The molecule has 0 radical (unpaired) electrons. The van der Waals surface area contributed by atoms with Crippen LogP contribution in [0.5, 0.6) is 0 Å². The van der Waals surface area contributed by atoms with Gasteiger partial charge in [0.1, 0.15) is 0 Å². The molecule has 2 heterocycles. The highest BCUT2D eigenvalue weighted by Crippen LogP contribution is 2.22. The average Bonchev–Trinajstić information content (AvgIpc) is 2.27. The van der Waals surface area contributed by atoms with Gasteiger partial charge < -0.3 is 5.32 Å². The second-order valence-electron chi connectivity index (χ2n) is 4.44. The second kappa shape index (κ2) is 7.19. The zero-order chi connectivity index (χ0) is 11.4. The molecule has 0 saturated carbocycles. The number of thioether (sulfide) groups is 1. The van der Waals surface area contributed by atoms with Crippen molar-refractivity contribution in [3.05, 3.63) is 17.5 Å². The quantitative estimate of drug-likeness (QED) is 0.679. The first kappa shape index (κ1) is 14.7. The van der Waals surface area contributed by atoms with Gasteiger partial charge in [0.15, 0.2) is 5.16 Å². The van der Waals surface area contributed by atoms with E-state index in [1.807, 2.05) is 19.9 Å². The Labute approximate surface area is 114 Å². The van der Waals surface area contributed by atoms with E-state index in [1.165, 1.54) is 25.9 Å². The van der Waals surface area contributed by atoms with Gasteiger partial charge in [0.05, 0.1) is 0 Å². The van der Waals surface area contributed by atoms with Crippen LogP contribution in [0.2, 0.25) is 0 Å². The van der Waals surface area contributed by atoms with Crippen molar-refractivity contribution in [2.45, 2.75) is 31.8 Å². The van der Waals surface area contributed by atoms with Crippen LogP contribution >= 0.6 is 24.2 Å². The molecule has 0 bridgehead atoms. The smallest absolute Gasteiger partial charge is 0.187 e. The zero-order valence-corrected chi connectivity index (χ0v) is 12.0. The fraction of sp³-hybridized carbons (Fsp3) is 0.667. The molecule has 1 N–H and O–H groups in total. The molecule has 0 atom stereocenters. The summed E-state index contributed by atoms with van der Waals surface area (Å²) < 4.78 is 0. The molecule has 1 aliphatic rings. The van der Waals surface area contributed by atoms with Gasteiger partial charge in [0.25, 0.3) is 0 Å². The molecule has 2 rings (SSSR count). The molecule has 0 unspecified atom stereocenters. The lowest BCUT2D eigenvalue weighted by Crippen LogP contribution is -2.28. The second-order valence-corrected chi connectivity index (χ2v) is 5.42. The SMILES string of the molecule is Cc1cc(C)nc(SCC2CCNCC2)n1.Cl. The van der Waals surface area contributed by atoms with Crippen LogP contribution in [0, 0.1) is 19.8 Å². The lowest BCUT2D eigenvalue weighted by Gasteiger charge is -2.21. The van der Waals surface area contributed by atoms with Crippen LogP contribution in [0.1, 0.15) is 24.2 Å². The van der Waals surface area contributed by atoms with E-state index < -0.39 is 0 Å². The van der Waals surface area contributed by atoms with Gasteiger partial charge in [0.2, 0.25) is 0 Å². The first-order chi connectivity index (χ1) is 7.74. The summed E-state index contributed by atoms with van der Waals surface area (Å²) in [6.07, 6.45) is 2.58. The molecule has 0 amide bonds. The van der Waals surface area contributed by atoms with Crippen molar-refractivity contribution in [3.8, 4) is 0 Å². The van der Waals surface area contributed by atoms with Crippen LogP contribution in [0.4, 0.5) is 0 Å². The van der Waals surface area contributed by atoms with Crippen molar-refractivity contribution in [2.75, 3.05) is 18.8 Å². The van der Waals surface area contributed by atoms with Gasteiger partial charge in [-0.05, 0) is 51.8 Å². The van der Waals surface area contributed by atoms with E-state index in [9.17, 15) is 0 Å². The van der Waals surface area contributed by atoms with Gasteiger partial charge in [-0.25, -0.2) is 9.97 Å². The molecule has 17 heavy (non-hydrogen) atoms. The minimum atomic E-state index is 0. The molecule has 0 aromatic carbocycles. The Hall–Kier alpha value is -0.320. The number of halogens is 1. The number of nitrogens with one attached hydrogen (secondary N) is 1. The summed E-state index contributed by atoms with van der Waals surface area (Å²) in [7, 11) is 0. The molecule has 0 aliphatic carbocycles. The van der Waals surface area contributed by atoms with Gasteiger partial charge in [-0.3, -0.25) is 0 Å². The van der Waals surface area contributed by atoms with Gasteiger partial charge in [0, 0.05) is 17.1 Å². The Morgan fingerprint density at radius 3 is 2.41 bits per heavy atom. The van der Waals surface area contributed by atoms with Crippen molar-refractivity contribution in [3.63, 3.8) is 0 Å². The monoisotopic (exact) mass is 273 g/mol. The maximum absolute atomic E-state index is 4.45. The van der Waals surface area contributed by atoms with Crippen LogP contribution in [-0.2, 0) is 0 Å². The highest BCUT2D eigenvalue weighted by Gasteiger charge is 2.13. The molecule has 96 valence electrons. The fourth-order valence-electron chi connectivity index (χ4n) is 2.00. The molecule has 3 nitrogen and oxygen atoms in total. The highest BCUT2D eigenvalue weighted by molar-refractivity contribution is 7.99. The number of aryl methyl sites for hydroxylation is 2. The van der Waals surface area contributed by atoms with E-state index in [4.69, 9.17) is 0 Å². The van der Waals surface area contributed by atoms with E-state index >= 15 is 0 Å². The lowest BCUT2D eigenvalue weighted by atomic mass is 10.0. The normalized spacial score (nSPS) is 16.6. The summed E-state index contributed by atoms with van der Waals surface area (Å²) in [5, 5.41) is 4.33. The van der Waals surface area contributed by atoms with Crippen molar-refractivity contribution in [2.24, 2.45) is 5.92 Å². The topological polar surface area (TPSA) is 37.8 Å². The molecule has 1 aromatic heterocycles. The molecule has 1 saturated heterocycles. The Balaban J connectivity index is 0.00000144. The largest absolute Gasteiger partial charge is 0.317 e. The molecule has 1 fully saturated rings. The Kier molecular flexibility index (Phi) is 6.23. The van der Waals surface area contributed by atoms with E-state index in [0.29, 0.717) is 0 Å². The lowest BCUT2D eigenvalue weighted by molar-refractivity contribution is 0.407. The summed E-state index contributed by atoms with van der Waals surface area (Å²) in [5.74, 6) is 1.99. The van der Waals surface area contributed by atoms with Crippen LogP contribution in [0.25, 0.3) is 0 Å². The van der Waals surface area contributed by atoms with Crippen LogP contribution < -0.4 is 5.32 Å². The Morgan fingerprint density at radius 2 is 1.82 bits per heavy atom. The van der Waals surface area contributed by atoms with Crippen molar-refractivity contribution >= 4 is 24.2 Å². The third kappa shape index (κ3) is 4.82. The van der Waals surface area contributed by atoms with Crippen molar-refractivity contribution in [1.82, 2.24) is 15.3 Å². The molecule has 0 spiro atoms. The standard InChI is InChI=1S/C12H19N3S.ClH/c1-9-7-10(2)15-12(14-9)16-8-11-3-5-13-6-4-11;/h7,11,13H,3-6,8H2,1-2H3;1H. The van der Waals surface area contributed by atoms with E-state index in [0.717, 1.165) is 28.2 Å². The first-order valence-corrected chi connectivity index (χ1v) is 6.88. The van der Waals surface area contributed by atoms with E-state index in [-0.39, 0.29) is 12.4 Å². The van der Waals surface area contributed by atoms with E-state index in [1.54, 1.807) is 11.8 Å². The number of piperidine rings is 1. The number of nitrogens with zero attached hydrogens (tertiary/aromatic N) is 2. The average molecular weight is 274 g/mol. The summed E-state index contributed by atoms with van der Waals surface area (Å²) in [6.45, 7) is 6.39. The van der Waals surface area contributed by atoms with Gasteiger partial charge in [-0.15, -0.1) is 12.4 Å². The number of hydrogen-bond donors (Lipinski definition) is 1. The van der Waals surface area contributed by atoms with Crippen LogP contribution in [0.15, 0.2) is 11.2 Å². The van der Waals surface area contributed by atoms with Crippen LogP contribution in [-0.4, -0.2) is 28.8 Å². The van der Waals surface area contributed by atoms with Crippen molar-refractivity contribution < 1.29 is 0 Å². The highest BCUT2D eigenvalue weighted by atomic mass is 35.5. The van der Waals surface area contributed by atoms with E-state index in [2.05, 4.69) is 15.3 Å². The summed E-state index contributed by atoms with van der Waals surface area (Å²) in [6, 6.07) is 2.02. The summed E-state index contributed by atoms with van der Waals surface area (Å²) in [4.78, 5) is 8.91. The predicted octanol–water partition coefficient (Wildman–Crippen LogP) is 2.61.